The van der Waals surface area contributed by atoms with Crippen molar-refractivity contribution in [2.24, 2.45) is 0 Å². The number of halogens is 3. The van der Waals surface area contributed by atoms with Gasteiger partial charge in [0, 0.05) is 18.0 Å². The molecule has 3 rings (SSSR count). The van der Waals surface area contributed by atoms with E-state index in [9.17, 15) is 22.8 Å². The topological polar surface area (TPSA) is 78.8 Å². The number of benzene rings is 2. The summed E-state index contributed by atoms with van der Waals surface area (Å²) in [4.78, 5) is 25.2. The molecule has 0 fully saturated rings. The molecule has 3 aromatic rings. The highest BCUT2D eigenvalue weighted by molar-refractivity contribution is 6.03. The number of ether oxygens (including phenoxy) is 3. The van der Waals surface area contributed by atoms with E-state index < -0.39 is 35.1 Å². The van der Waals surface area contributed by atoms with Crippen molar-refractivity contribution in [3.05, 3.63) is 59.8 Å². The van der Waals surface area contributed by atoms with Crippen molar-refractivity contribution in [3.8, 4) is 5.75 Å². The zero-order chi connectivity index (χ0) is 27.6. The van der Waals surface area contributed by atoms with Crippen molar-refractivity contribution < 1.29 is 37.0 Å². The normalized spacial score (nSPS) is 12.4. The quantitative estimate of drug-likeness (QED) is 0.379. The van der Waals surface area contributed by atoms with Crippen molar-refractivity contribution in [2.45, 2.75) is 65.3 Å². The number of amides is 1. The van der Waals surface area contributed by atoms with Gasteiger partial charge in [0.05, 0.1) is 23.4 Å². The van der Waals surface area contributed by atoms with Crippen LogP contribution >= 0.6 is 0 Å². The van der Waals surface area contributed by atoms with E-state index in [1.54, 1.807) is 59.7 Å². The summed E-state index contributed by atoms with van der Waals surface area (Å²) in [6.07, 6.45) is -3.85. The van der Waals surface area contributed by atoms with E-state index in [4.69, 9.17) is 14.2 Å². The number of carbonyl (C=O) groups is 2. The summed E-state index contributed by atoms with van der Waals surface area (Å²) in [5.74, 6) is 0.452. The van der Waals surface area contributed by atoms with Crippen LogP contribution in [0.5, 0.6) is 5.75 Å². The Morgan fingerprint density at radius 1 is 0.892 bits per heavy atom. The highest BCUT2D eigenvalue weighted by Gasteiger charge is 2.30. The summed E-state index contributed by atoms with van der Waals surface area (Å²) >= 11 is 0. The molecule has 10 heteroatoms. The highest BCUT2D eigenvalue weighted by atomic mass is 19.4. The molecular weight excluding hydrogens is 489 g/mol. The zero-order valence-corrected chi connectivity index (χ0v) is 21.7. The van der Waals surface area contributed by atoms with E-state index in [1.807, 2.05) is 0 Å². The van der Waals surface area contributed by atoms with Gasteiger partial charge in [0.15, 0.2) is 0 Å². The molecule has 1 amide bonds. The van der Waals surface area contributed by atoms with Crippen LogP contribution in [0.2, 0.25) is 0 Å². The molecule has 0 aliphatic heterocycles. The lowest BCUT2D eigenvalue weighted by Gasteiger charge is -2.20. The Bertz CT molecular complexity index is 1270. The molecule has 2 aromatic carbocycles. The fraction of sp³-hybridized carbons (Fsp3) is 0.407. The molecule has 0 spiro atoms. The van der Waals surface area contributed by atoms with Gasteiger partial charge in [0.25, 0.3) is 0 Å². The minimum atomic E-state index is -4.38. The largest absolute Gasteiger partial charge is 0.493 e. The van der Waals surface area contributed by atoms with Crippen LogP contribution in [0, 0.1) is 0 Å². The molecule has 1 N–H and O–H groups in total. The molecule has 7 nitrogen and oxygen atoms in total. The summed E-state index contributed by atoms with van der Waals surface area (Å²) in [6.45, 7) is 10.7. The third kappa shape index (κ3) is 7.90. The standard InChI is InChI=1S/C27H31F3N2O5/c1-25(2,3)36-23(33)31-21-16-32(24(34)37-26(4,5)6)22-12-11-19(15-20(21)22)35-14-13-17-7-9-18(10-8-17)27(28,29)30/h7-12,15-16H,13-14H2,1-6H3,(H,31,33). The SMILES string of the molecule is CC(C)(C)OC(=O)Nc1cn(C(=O)OC(C)(C)C)c2ccc(OCCc3ccc(C(F)(F)F)cc3)cc12. The molecule has 1 aromatic heterocycles. The van der Waals surface area contributed by atoms with Gasteiger partial charge in [-0.1, -0.05) is 12.1 Å². The van der Waals surface area contributed by atoms with Crippen molar-refractivity contribution in [1.82, 2.24) is 4.57 Å². The summed E-state index contributed by atoms with van der Waals surface area (Å²) in [7, 11) is 0. The zero-order valence-electron chi connectivity index (χ0n) is 21.7. The maximum atomic E-state index is 12.8. The molecule has 0 unspecified atom stereocenters. The van der Waals surface area contributed by atoms with Gasteiger partial charge >= 0.3 is 18.4 Å². The second-order valence-electron chi connectivity index (χ2n) is 10.5. The maximum Gasteiger partial charge on any atom is 0.419 e. The molecule has 0 radical (unpaired) electrons. The lowest BCUT2D eigenvalue weighted by molar-refractivity contribution is -0.137. The van der Waals surface area contributed by atoms with Gasteiger partial charge in [0.2, 0.25) is 0 Å². The Morgan fingerprint density at radius 3 is 2.08 bits per heavy atom. The molecule has 0 saturated heterocycles. The Hall–Kier alpha value is -3.69. The molecule has 0 aliphatic carbocycles. The first-order chi connectivity index (χ1) is 17.0. The first-order valence-electron chi connectivity index (χ1n) is 11.7. The van der Waals surface area contributed by atoms with E-state index in [0.717, 1.165) is 12.1 Å². The number of aromatic nitrogens is 1. The van der Waals surface area contributed by atoms with Crippen molar-refractivity contribution in [3.63, 3.8) is 0 Å². The number of hydrogen-bond acceptors (Lipinski definition) is 5. The monoisotopic (exact) mass is 520 g/mol. The van der Waals surface area contributed by atoms with Gasteiger partial charge in [-0.15, -0.1) is 0 Å². The predicted molar refractivity (Wildman–Crippen MR) is 134 cm³/mol. The Kier molecular flexibility index (Phi) is 7.80. The van der Waals surface area contributed by atoms with Crippen LogP contribution < -0.4 is 10.1 Å². The van der Waals surface area contributed by atoms with E-state index in [1.165, 1.54) is 22.9 Å². The fourth-order valence-electron chi connectivity index (χ4n) is 3.42. The number of nitrogens with one attached hydrogen (secondary N) is 1. The number of anilines is 1. The molecule has 37 heavy (non-hydrogen) atoms. The van der Waals surface area contributed by atoms with Gasteiger partial charge < -0.3 is 14.2 Å². The minimum absolute atomic E-state index is 0.207. The average molecular weight is 521 g/mol. The smallest absolute Gasteiger partial charge is 0.419 e. The van der Waals surface area contributed by atoms with Crippen LogP contribution in [-0.2, 0) is 22.1 Å². The van der Waals surface area contributed by atoms with Crippen molar-refractivity contribution >= 4 is 28.8 Å². The average Bonchev–Trinajstić information content (AvgIpc) is 3.09. The molecule has 0 atom stereocenters. The highest BCUT2D eigenvalue weighted by Crippen LogP contribution is 2.32. The molecule has 0 aliphatic rings. The lowest BCUT2D eigenvalue weighted by Crippen LogP contribution is -2.27. The van der Waals surface area contributed by atoms with Crippen molar-refractivity contribution in [1.29, 1.82) is 0 Å². The van der Waals surface area contributed by atoms with Gasteiger partial charge in [0.1, 0.15) is 17.0 Å². The van der Waals surface area contributed by atoms with Gasteiger partial charge in [-0.25, -0.2) is 9.59 Å². The Balaban J connectivity index is 1.82. The number of alkyl halides is 3. The van der Waals surface area contributed by atoms with Crippen LogP contribution in [0.3, 0.4) is 0 Å². The fourth-order valence-corrected chi connectivity index (χ4v) is 3.42. The second kappa shape index (κ2) is 10.4. The maximum absolute atomic E-state index is 12.8. The number of hydrogen-bond donors (Lipinski definition) is 1. The molecule has 0 saturated carbocycles. The third-order valence-corrected chi connectivity index (χ3v) is 4.94. The van der Waals surface area contributed by atoms with Crippen LogP contribution in [0.25, 0.3) is 10.9 Å². The lowest BCUT2D eigenvalue weighted by atomic mass is 10.1. The summed E-state index contributed by atoms with van der Waals surface area (Å²) in [6, 6.07) is 9.89. The molecular formula is C27H31F3N2O5. The number of nitrogens with zero attached hydrogens (tertiary/aromatic N) is 1. The van der Waals surface area contributed by atoms with Crippen LogP contribution in [0.4, 0.5) is 28.4 Å². The van der Waals surface area contributed by atoms with Crippen LogP contribution in [0.15, 0.2) is 48.7 Å². The number of carbonyl (C=O) groups excluding carboxylic acids is 2. The summed E-state index contributed by atoms with van der Waals surface area (Å²) in [5.41, 5.74) is -0.660. The van der Waals surface area contributed by atoms with Gasteiger partial charge in [-0.05, 0) is 77.4 Å². The summed E-state index contributed by atoms with van der Waals surface area (Å²) in [5, 5.41) is 3.19. The van der Waals surface area contributed by atoms with Gasteiger partial charge in [-0.3, -0.25) is 9.88 Å². The Morgan fingerprint density at radius 2 is 1.51 bits per heavy atom. The van der Waals surface area contributed by atoms with Crippen LogP contribution in [-0.4, -0.2) is 34.6 Å². The molecule has 200 valence electrons. The first kappa shape index (κ1) is 27.9. The second-order valence-corrected chi connectivity index (χ2v) is 10.5. The third-order valence-electron chi connectivity index (χ3n) is 4.94. The minimum Gasteiger partial charge on any atom is -0.493 e. The first-order valence-corrected chi connectivity index (χ1v) is 11.7. The van der Waals surface area contributed by atoms with Gasteiger partial charge in [-0.2, -0.15) is 13.2 Å². The molecule has 0 bridgehead atoms. The van der Waals surface area contributed by atoms with E-state index in [2.05, 4.69) is 5.32 Å². The predicted octanol–water partition coefficient (Wildman–Crippen LogP) is 7.41. The van der Waals surface area contributed by atoms with Crippen molar-refractivity contribution in [2.75, 3.05) is 11.9 Å². The summed E-state index contributed by atoms with van der Waals surface area (Å²) < 4.78 is 56.2. The Labute approximate surface area is 213 Å². The van der Waals surface area contributed by atoms with E-state index in [0.29, 0.717) is 34.3 Å². The molecule has 1 heterocycles. The van der Waals surface area contributed by atoms with E-state index in [-0.39, 0.29) is 6.61 Å². The van der Waals surface area contributed by atoms with E-state index >= 15 is 0 Å². The number of rotatable bonds is 5. The van der Waals surface area contributed by atoms with Crippen LogP contribution in [0.1, 0.15) is 52.7 Å². The number of fused-ring (bicyclic) bond motifs is 1.